The minimum absolute atomic E-state index is 0.128. The van der Waals surface area contributed by atoms with Gasteiger partial charge in [-0.3, -0.25) is 9.13 Å². The van der Waals surface area contributed by atoms with Crippen molar-refractivity contribution in [1.29, 1.82) is 0 Å². The maximum Gasteiger partial charge on any atom is 0.328 e. The number of aryl methyl sites for hydroxylation is 3. The van der Waals surface area contributed by atoms with Gasteiger partial charge in [-0.15, -0.1) is 4.91 Å². The summed E-state index contributed by atoms with van der Waals surface area (Å²) in [5.74, 6) is 0. The van der Waals surface area contributed by atoms with Crippen LogP contribution in [0.15, 0.2) is 40.4 Å². The summed E-state index contributed by atoms with van der Waals surface area (Å²) in [4.78, 5) is 26.3. The Labute approximate surface area is 120 Å². The predicted octanol–water partition coefficient (Wildman–Crippen LogP) is 2.06. The number of imidazole rings is 1. The number of rotatable bonds is 2. The highest BCUT2D eigenvalue weighted by atomic mass is 16.3. The van der Waals surface area contributed by atoms with Crippen LogP contribution in [0.4, 0.5) is 5.69 Å². The van der Waals surface area contributed by atoms with E-state index in [9.17, 15) is 9.70 Å². The van der Waals surface area contributed by atoms with E-state index in [0.29, 0.717) is 11.2 Å². The fourth-order valence-corrected chi connectivity index (χ4v) is 2.59. The third-order valence-electron chi connectivity index (χ3n) is 3.74. The highest BCUT2D eigenvalue weighted by molar-refractivity contribution is 5.90. The summed E-state index contributed by atoms with van der Waals surface area (Å²) in [5, 5.41) is 3.12. The second-order valence-electron chi connectivity index (χ2n) is 5.11. The molecule has 2 aromatic heterocycles. The minimum Gasteiger partial charge on any atom is -0.295 e. The zero-order valence-corrected chi connectivity index (χ0v) is 12.0. The Morgan fingerprint density at radius 1 is 1.10 bits per heavy atom. The molecule has 6 heteroatoms. The van der Waals surface area contributed by atoms with Crippen molar-refractivity contribution < 1.29 is 4.98 Å². The van der Waals surface area contributed by atoms with E-state index in [4.69, 9.17) is 0 Å². The van der Waals surface area contributed by atoms with Gasteiger partial charge in [-0.2, -0.15) is 0 Å². The monoisotopic (exact) mass is 283 g/mol. The van der Waals surface area contributed by atoms with Gasteiger partial charge < -0.3 is 0 Å². The molecule has 0 unspecified atom stereocenters. The number of H-pyrrole nitrogens is 1. The first-order chi connectivity index (χ1) is 10.0. The number of benzene rings is 1. The molecule has 1 N–H and O–H groups in total. The molecular formula is C15H15N4O2+. The van der Waals surface area contributed by atoms with Gasteiger partial charge in [0.05, 0.1) is 11.0 Å². The first kappa shape index (κ1) is 13.2. The number of fused-ring (bicyclic) bond motifs is 1. The van der Waals surface area contributed by atoms with E-state index in [0.717, 1.165) is 22.3 Å². The predicted molar refractivity (Wildman–Crippen MR) is 80.3 cm³/mol. The van der Waals surface area contributed by atoms with Crippen LogP contribution in [-0.4, -0.2) is 9.13 Å². The number of hydrogen-bond donors (Lipinski definition) is 0. The molecule has 0 radical (unpaired) electrons. The number of nitrogens with one attached hydrogen (secondary N) is 1. The highest BCUT2D eigenvalue weighted by Crippen LogP contribution is 2.33. The molecule has 0 spiro atoms. The van der Waals surface area contributed by atoms with Gasteiger partial charge >= 0.3 is 5.69 Å². The molecule has 0 amide bonds. The normalized spacial score (nSPS) is 11.0. The first-order valence-corrected chi connectivity index (χ1v) is 6.54. The van der Waals surface area contributed by atoms with Crippen LogP contribution in [0.5, 0.6) is 0 Å². The molecule has 2 heterocycles. The summed E-state index contributed by atoms with van der Waals surface area (Å²) < 4.78 is 3.08. The third-order valence-corrected chi connectivity index (χ3v) is 3.74. The maximum atomic E-state index is 12.0. The number of pyridine rings is 1. The van der Waals surface area contributed by atoms with Gasteiger partial charge in [0.2, 0.25) is 0 Å². The Kier molecular flexibility index (Phi) is 2.94. The van der Waals surface area contributed by atoms with Gasteiger partial charge in [0.1, 0.15) is 5.69 Å². The van der Waals surface area contributed by atoms with Gasteiger partial charge in [0.25, 0.3) is 0 Å². The van der Waals surface area contributed by atoms with E-state index in [1.165, 1.54) is 4.57 Å². The molecule has 0 fully saturated rings. The zero-order valence-electron chi connectivity index (χ0n) is 12.0. The van der Waals surface area contributed by atoms with Crippen molar-refractivity contribution in [1.82, 2.24) is 9.13 Å². The van der Waals surface area contributed by atoms with Crippen molar-refractivity contribution in [2.45, 2.75) is 6.92 Å². The molecule has 106 valence electrons. The molecule has 1 aromatic carbocycles. The lowest BCUT2D eigenvalue weighted by molar-refractivity contribution is -0.387. The molecule has 0 saturated heterocycles. The van der Waals surface area contributed by atoms with Crippen LogP contribution in [0.1, 0.15) is 5.69 Å². The second-order valence-corrected chi connectivity index (χ2v) is 5.11. The Bertz CT molecular complexity index is 921. The van der Waals surface area contributed by atoms with Gasteiger partial charge in [0.15, 0.2) is 11.9 Å². The van der Waals surface area contributed by atoms with E-state index >= 15 is 0 Å². The molecule has 6 nitrogen and oxygen atoms in total. The van der Waals surface area contributed by atoms with E-state index in [2.05, 4.69) is 10.2 Å². The molecule has 3 rings (SSSR count). The Morgan fingerprint density at radius 2 is 1.76 bits per heavy atom. The topological polar surface area (TPSA) is 70.5 Å². The zero-order chi connectivity index (χ0) is 15.1. The fourth-order valence-electron chi connectivity index (χ4n) is 2.59. The number of hydrogen-bond acceptors (Lipinski definition) is 3. The van der Waals surface area contributed by atoms with Gasteiger partial charge in [0, 0.05) is 38.7 Å². The highest BCUT2D eigenvalue weighted by Gasteiger charge is 2.15. The van der Waals surface area contributed by atoms with Crippen LogP contribution < -0.4 is 10.7 Å². The van der Waals surface area contributed by atoms with Crippen LogP contribution >= 0.6 is 0 Å². The summed E-state index contributed by atoms with van der Waals surface area (Å²) in [5.41, 5.74) is 4.25. The Morgan fingerprint density at radius 3 is 2.38 bits per heavy atom. The summed E-state index contributed by atoms with van der Waals surface area (Å²) in [6, 6.07) is 7.31. The summed E-state index contributed by atoms with van der Waals surface area (Å²) >= 11 is 0. The second kappa shape index (κ2) is 4.66. The summed E-state index contributed by atoms with van der Waals surface area (Å²) in [7, 11) is 3.40. The lowest BCUT2D eigenvalue weighted by Gasteiger charge is -2.05. The third kappa shape index (κ3) is 1.96. The molecule has 0 aliphatic heterocycles. The number of nitroso groups, excluding NO2 is 1. The van der Waals surface area contributed by atoms with Crippen molar-refractivity contribution in [3.8, 4) is 11.1 Å². The van der Waals surface area contributed by atoms with Crippen LogP contribution in [0, 0.1) is 11.8 Å². The molecule has 0 aliphatic carbocycles. The van der Waals surface area contributed by atoms with Gasteiger partial charge in [-0.05, 0) is 22.9 Å². The smallest absolute Gasteiger partial charge is 0.295 e. The number of aromatic nitrogens is 3. The van der Waals surface area contributed by atoms with Crippen molar-refractivity contribution in [2.75, 3.05) is 0 Å². The van der Waals surface area contributed by atoms with Crippen molar-refractivity contribution in [2.24, 2.45) is 19.3 Å². The average Bonchev–Trinajstić information content (AvgIpc) is 2.70. The summed E-state index contributed by atoms with van der Waals surface area (Å²) in [6.45, 7) is 1.94. The van der Waals surface area contributed by atoms with Crippen LogP contribution in [0.25, 0.3) is 22.2 Å². The maximum absolute atomic E-state index is 12.0. The van der Waals surface area contributed by atoms with E-state index in [1.54, 1.807) is 24.7 Å². The average molecular weight is 283 g/mol. The van der Waals surface area contributed by atoms with Crippen molar-refractivity contribution in [3.63, 3.8) is 0 Å². The van der Waals surface area contributed by atoms with E-state index in [1.807, 2.05) is 31.3 Å². The Hall–Kier alpha value is -2.76. The Balaban J connectivity index is 2.40. The fraction of sp³-hybridized carbons (Fsp3) is 0.200. The van der Waals surface area contributed by atoms with Gasteiger partial charge in [-0.1, -0.05) is 0 Å². The molecule has 0 atom stereocenters. The van der Waals surface area contributed by atoms with Crippen molar-refractivity contribution >= 4 is 16.7 Å². The molecular weight excluding hydrogens is 268 g/mol. The number of aromatic amines is 1. The van der Waals surface area contributed by atoms with Crippen LogP contribution in [0.3, 0.4) is 0 Å². The molecule has 0 aliphatic rings. The van der Waals surface area contributed by atoms with E-state index in [-0.39, 0.29) is 5.69 Å². The van der Waals surface area contributed by atoms with Crippen LogP contribution in [0.2, 0.25) is 0 Å². The molecule has 0 saturated carbocycles. The standard InChI is InChI=1S/C15H14N4O2/c1-9-6-10(4-5-16-9)11-7-13-14(8-12(11)17-21)19(3)15(20)18(13)2/h4-8H,1-3H3/p+1. The van der Waals surface area contributed by atoms with Crippen LogP contribution in [-0.2, 0) is 14.1 Å². The lowest BCUT2D eigenvalue weighted by Crippen LogP contribution is -2.19. The van der Waals surface area contributed by atoms with Gasteiger partial charge in [-0.25, -0.2) is 9.78 Å². The minimum atomic E-state index is -0.128. The SMILES string of the molecule is Cc1cc(-c2cc3c(cc2N=O)n(C)c(=O)n3C)cc[nH+]1. The molecule has 0 bridgehead atoms. The number of nitrogens with zero attached hydrogens (tertiary/aromatic N) is 3. The summed E-state index contributed by atoms with van der Waals surface area (Å²) in [6.07, 6.45) is 1.81. The quantitative estimate of drug-likeness (QED) is 0.675. The van der Waals surface area contributed by atoms with E-state index < -0.39 is 0 Å². The largest absolute Gasteiger partial charge is 0.328 e. The molecule has 3 aromatic rings. The lowest BCUT2D eigenvalue weighted by atomic mass is 10.0. The van der Waals surface area contributed by atoms with Crippen molar-refractivity contribution in [3.05, 3.63) is 51.5 Å². The molecule has 21 heavy (non-hydrogen) atoms. The first-order valence-electron chi connectivity index (χ1n) is 6.54.